The van der Waals surface area contributed by atoms with Crippen LogP contribution in [0.2, 0.25) is 0 Å². The summed E-state index contributed by atoms with van der Waals surface area (Å²) < 4.78 is 0. The van der Waals surface area contributed by atoms with Crippen LogP contribution >= 0.6 is 0 Å². The molecule has 1 amide bonds. The van der Waals surface area contributed by atoms with Gasteiger partial charge in [-0.3, -0.25) is 4.79 Å². The number of rotatable bonds is 1. The van der Waals surface area contributed by atoms with E-state index in [2.05, 4.69) is 17.1 Å². The van der Waals surface area contributed by atoms with Gasteiger partial charge in [0.2, 0.25) is 5.91 Å². The van der Waals surface area contributed by atoms with Crippen LogP contribution in [-0.4, -0.2) is 36.5 Å². The molecule has 3 aliphatic rings. The largest absolute Gasteiger partial charge is 0.338 e. The van der Waals surface area contributed by atoms with Crippen LogP contribution in [0.3, 0.4) is 0 Å². The van der Waals surface area contributed by atoms with E-state index >= 15 is 0 Å². The predicted octanol–water partition coefficient (Wildman–Crippen LogP) is 1.39. The average molecular weight is 222 g/mol. The first-order chi connectivity index (χ1) is 7.71. The first-order valence-electron chi connectivity index (χ1n) is 6.72. The summed E-state index contributed by atoms with van der Waals surface area (Å²) in [5.74, 6) is 1.18. The molecular formula is C13H22N2O. The molecule has 3 nitrogen and oxygen atoms in total. The fourth-order valence-corrected chi connectivity index (χ4v) is 3.82. The third-order valence-corrected chi connectivity index (χ3v) is 4.93. The number of carbonyl (C=O) groups is 1. The molecule has 1 aliphatic carbocycles. The number of amides is 1. The molecule has 0 bridgehead atoms. The summed E-state index contributed by atoms with van der Waals surface area (Å²) in [6.45, 7) is 5.32. The van der Waals surface area contributed by atoms with Gasteiger partial charge in [-0.05, 0) is 25.2 Å². The Morgan fingerprint density at radius 1 is 1.31 bits per heavy atom. The van der Waals surface area contributed by atoms with E-state index in [4.69, 9.17) is 0 Å². The van der Waals surface area contributed by atoms with Gasteiger partial charge in [0.1, 0.15) is 0 Å². The topological polar surface area (TPSA) is 32.3 Å². The minimum absolute atomic E-state index is 0.0303. The van der Waals surface area contributed by atoms with Crippen molar-refractivity contribution in [3.05, 3.63) is 0 Å². The third-order valence-electron chi connectivity index (χ3n) is 4.93. The van der Waals surface area contributed by atoms with Crippen molar-refractivity contribution in [3.63, 3.8) is 0 Å². The highest BCUT2D eigenvalue weighted by molar-refractivity contribution is 5.83. The highest BCUT2D eigenvalue weighted by Gasteiger charge is 2.46. The van der Waals surface area contributed by atoms with Crippen LogP contribution in [0, 0.1) is 11.3 Å². The second-order valence-electron chi connectivity index (χ2n) is 6.04. The Morgan fingerprint density at radius 3 is 2.81 bits per heavy atom. The maximum Gasteiger partial charge on any atom is 0.228 e. The molecule has 2 heterocycles. The molecule has 0 unspecified atom stereocenters. The van der Waals surface area contributed by atoms with Crippen LogP contribution < -0.4 is 5.32 Å². The molecule has 0 radical (unpaired) electrons. The second-order valence-corrected chi connectivity index (χ2v) is 6.04. The predicted molar refractivity (Wildman–Crippen MR) is 63.1 cm³/mol. The Hall–Kier alpha value is -0.570. The number of hydrogen-bond donors (Lipinski definition) is 1. The van der Waals surface area contributed by atoms with Gasteiger partial charge in [-0.1, -0.05) is 19.8 Å². The second kappa shape index (κ2) is 3.73. The third kappa shape index (κ3) is 1.48. The molecule has 0 aromatic rings. The quantitative estimate of drug-likeness (QED) is 0.727. The Labute approximate surface area is 97.6 Å². The number of carbonyl (C=O) groups excluding carboxylic acids is 1. The summed E-state index contributed by atoms with van der Waals surface area (Å²) in [5, 5.41) is 3.42. The molecule has 0 aromatic heterocycles. The molecule has 0 spiro atoms. The lowest BCUT2D eigenvalue weighted by Crippen LogP contribution is -2.45. The summed E-state index contributed by atoms with van der Waals surface area (Å²) in [6.07, 6.45) is 5.89. The molecular weight excluding hydrogens is 200 g/mol. The number of fused-ring (bicyclic) bond motifs is 1. The lowest BCUT2D eigenvalue weighted by atomic mass is 9.87. The maximum atomic E-state index is 12.6. The van der Waals surface area contributed by atoms with Crippen molar-refractivity contribution < 1.29 is 4.79 Å². The van der Waals surface area contributed by atoms with Gasteiger partial charge in [0.15, 0.2) is 0 Å². The van der Waals surface area contributed by atoms with Crippen molar-refractivity contribution in [1.82, 2.24) is 10.2 Å². The normalized spacial score (nSPS) is 36.7. The summed E-state index contributed by atoms with van der Waals surface area (Å²) in [5.41, 5.74) is -0.0303. The van der Waals surface area contributed by atoms with Gasteiger partial charge in [0, 0.05) is 31.1 Å². The Balaban J connectivity index is 1.75. The molecule has 3 rings (SSSR count). The van der Waals surface area contributed by atoms with Gasteiger partial charge in [0.05, 0.1) is 0 Å². The maximum absolute atomic E-state index is 12.6. The fourth-order valence-electron chi connectivity index (χ4n) is 3.82. The van der Waals surface area contributed by atoms with Gasteiger partial charge in [-0.2, -0.15) is 0 Å². The smallest absolute Gasteiger partial charge is 0.228 e. The van der Waals surface area contributed by atoms with E-state index in [1.807, 2.05) is 0 Å². The van der Waals surface area contributed by atoms with Crippen LogP contribution in [0.4, 0.5) is 0 Å². The monoisotopic (exact) mass is 222 g/mol. The highest BCUT2D eigenvalue weighted by Crippen LogP contribution is 2.41. The fraction of sp³-hybridized carbons (Fsp3) is 0.923. The Kier molecular flexibility index (Phi) is 2.46. The SMILES string of the molecule is CC1(C(=O)N2CC[C@H]3CNC[C@H]32)CCCC1. The zero-order chi connectivity index (χ0) is 11.2. The van der Waals surface area contributed by atoms with Gasteiger partial charge >= 0.3 is 0 Å². The number of nitrogens with zero attached hydrogens (tertiary/aromatic N) is 1. The van der Waals surface area contributed by atoms with E-state index in [9.17, 15) is 4.79 Å². The number of hydrogen-bond acceptors (Lipinski definition) is 2. The van der Waals surface area contributed by atoms with Crippen molar-refractivity contribution in [3.8, 4) is 0 Å². The van der Waals surface area contributed by atoms with Crippen LogP contribution in [0.25, 0.3) is 0 Å². The zero-order valence-electron chi connectivity index (χ0n) is 10.2. The molecule has 16 heavy (non-hydrogen) atoms. The van der Waals surface area contributed by atoms with Crippen molar-refractivity contribution in [1.29, 1.82) is 0 Å². The van der Waals surface area contributed by atoms with Crippen LogP contribution in [0.1, 0.15) is 39.0 Å². The summed E-state index contributed by atoms with van der Waals surface area (Å²) in [4.78, 5) is 14.8. The van der Waals surface area contributed by atoms with Crippen LogP contribution in [0.15, 0.2) is 0 Å². The zero-order valence-corrected chi connectivity index (χ0v) is 10.2. The average Bonchev–Trinajstić information content (AvgIpc) is 2.91. The molecule has 3 heteroatoms. The van der Waals surface area contributed by atoms with Crippen molar-refractivity contribution in [2.75, 3.05) is 19.6 Å². The number of nitrogens with one attached hydrogen (secondary N) is 1. The first kappa shape index (κ1) is 10.6. The minimum atomic E-state index is -0.0303. The molecule has 0 aromatic carbocycles. The van der Waals surface area contributed by atoms with E-state index in [-0.39, 0.29) is 5.41 Å². The Bertz CT molecular complexity index is 296. The molecule has 90 valence electrons. The van der Waals surface area contributed by atoms with E-state index in [0.717, 1.165) is 38.4 Å². The van der Waals surface area contributed by atoms with E-state index < -0.39 is 0 Å². The van der Waals surface area contributed by atoms with Crippen LogP contribution in [-0.2, 0) is 4.79 Å². The van der Waals surface area contributed by atoms with Gasteiger partial charge in [-0.15, -0.1) is 0 Å². The first-order valence-corrected chi connectivity index (χ1v) is 6.72. The molecule has 2 aliphatic heterocycles. The van der Waals surface area contributed by atoms with E-state index in [1.54, 1.807) is 0 Å². The summed E-state index contributed by atoms with van der Waals surface area (Å²) >= 11 is 0. The van der Waals surface area contributed by atoms with Gasteiger partial charge in [-0.25, -0.2) is 0 Å². The van der Waals surface area contributed by atoms with Crippen molar-refractivity contribution in [2.24, 2.45) is 11.3 Å². The van der Waals surface area contributed by atoms with Crippen molar-refractivity contribution in [2.45, 2.75) is 45.1 Å². The molecule has 2 saturated heterocycles. The standard InChI is InChI=1S/C13H22N2O/c1-13(5-2-3-6-13)12(16)15-7-4-10-8-14-9-11(10)15/h10-11,14H,2-9H2,1H3/t10-,11+/m0/s1. The molecule has 1 N–H and O–H groups in total. The lowest BCUT2D eigenvalue weighted by Gasteiger charge is -2.32. The molecule has 2 atom stereocenters. The molecule has 1 saturated carbocycles. The van der Waals surface area contributed by atoms with Crippen LogP contribution in [0.5, 0.6) is 0 Å². The summed E-state index contributed by atoms with van der Waals surface area (Å²) in [7, 11) is 0. The van der Waals surface area contributed by atoms with E-state index in [0.29, 0.717) is 11.9 Å². The Morgan fingerprint density at radius 2 is 2.06 bits per heavy atom. The van der Waals surface area contributed by atoms with E-state index in [1.165, 1.54) is 19.3 Å². The lowest BCUT2D eigenvalue weighted by molar-refractivity contribution is -0.141. The molecule has 3 fully saturated rings. The minimum Gasteiger partial charge on any atom is -0.338 e. The van der Waals surface area contributed by atoms with Gasteiger partial charge < -0.3 is 10.2 Å². The number of likely N-dealkylation sites (tertiary alicyclic amines) is 1. The highest BCUT2D eigenvalue weighted by atomic mass is 16.2. The summed E-state index contributed by atoms with van der Waals surface area (Å²) in [6, 6.07) is 0.505. The van der Waals surface area contributed by atoms with Crippen molar-refractivity contribution >= 4 is 5.91 Å². The van der Waals surface area contributed by atoms with Gasteiger partial charge in [0.25, 0.3) is 0 Å².